The third-order valence-electron chi connectivity index (χ3n) is 3.72. The molecule has 0 aliphatic rings. The molecule has 6 nitrogen and oxygen atoms in total. The summed E-state index contributed by atoms with van der Waals surface area (Å²) < 4.78 is 31.8. The Morgan fingerprint density at radius 2 is 1.89 bits per heavy atom. The molecule has 0 fully saturated rings. The molecule has 1 amide bonds. The second-order valence-electron chi connectivity index (χ2n) is 5.79. The summed E-state index contributed by atoms with van der Waals surface area (Å²) in [6.45, 7) is 3.72. The SMILES string of the molecule is CCOc1ccc(S(=O)(=O)N(C)CC(=O)Nc2cc(Cl)ccc2Cl)cc1C. The predicted molar refractivity (Wildman–Crippen MR) is 107 cm³/mol. The molecule has 0 aliphatic heterocycles. The molecule has 0 radical (unpaired) electrons. The number of hydrogen-bond donors (Lipinski definition) is 1. The number of halogens is 2. The Morgan fingerprint density at radius 1 is 1.19 bits per heavy atom. The molecule has 0 aromatic heterocycles. The second-order valence-corrected chi connectivity index (χ2v) is 8.68. The molecule has 9 heteroatoms. The minimum absolute atomic E-state index is 0.0829. The first-order chi connectivity index (χ1) is 12.6. The number of rotatable bonds is 7. The number of ether oxygens (including phenoxy) is 1. The lowest BCUT2D eigenvalue weighted by atomic mass is 10.2. The monoisotopic (exact) mass is 430 g/mol. The lowest BCUT2D eigenvalue weighted by Gasteiger charge is -2.18. The van der Waals surface area contributed by atoms with E-state index in [0.29, 0.717) is 33.7 Å². The van der Waals surface area contributed by atoms with Gasteiger partial charge in [-0.05, 0) is 55.8 Å². The van der Waals surface area contributed by atoms with Gasteiger partial charge in [-0.25, -0.2) is 8.42 Å². The highest BCUT2D eigenvalue weighted by molar-refractivity contribution is 7.89. The molecular formula is C18H20Cl2N2O4S. The molecule has 27 heavy (non-hydrogen) atoms. The Labute approximate surface area is 169 Å². The average Bonchev–Trinajstić information content (AvgIpc) is 2.59. The Morgan fingerprint density at radius 3 is 2.52 bits per heavy atom. The normalized spacial score (nSPS) is 11.5. The van der Waals surface area contributed by atoms with Crippen LogP contribution in [0.2, 0.25) is 10.0 Å². The summed E-state index contributed by atoms with van der Waals surface area (Å²) in [6.07, 6.45) is 0. The molecule has 1 N–H and O–H groups in total. The maximum absolute atomic E-state index is 12.7. The van der Waals surface area contributed by atoms with E-state index in [9.17, 15) is 13.2 Å². The Bertz CT molecular complexity index is 948. The minimum atomic E-state index is -3.84. The van der Waals surface area contributed by atoms with Crippen LogP contribution in [0.3, 0.4) is 0 Å². The molecule has 0 unspecified atom stereocenters. The Balaban J connectivity index is 2.13. The molecule has 146 valence electrons. The van der Waals surface area contributed by atoms with Crippen molar-refractivity contribution < 1.29 is 17.9 Å². The molecular weight excluding hydrogens is 411 g/mol. The van der Waals surface area contributed by atoms with Gasteiger partial charge in [0, 0.05) is 12.1 Å². The first-order valence-corrected chi connectivity index (χ1v) is 10.3. The van der Waals surface area contributed by atoms with E-state index in [0.717, 1.165) is 4.31 Å². The maximum Gasteiger partial charge on any atom is 0.243 e. The summed E-state index contributed by atoms with van der Waals surface area (Å²) >= 11 is 11.9. The van der Waals surface area contributed by atoms with Gasteiger partial charge in [-0.2, -0.15) is 4.31 Å². The zero-order valence-corrected chi connectivity index (χ0v) is 17.5. The standard InChI is InChI=1S/C18H20Cl2N2O4S/c1-4-26-17-8-6-14(9-12(17)2)27(24,25)22(3)11-18(23)21-16-10-13(19)5-7-15(16)20/h5-10H,4,11H2,1-3H3,(H,21,23). The van der Waals surface area contributed by atoms with Crippen molar-refractivity contribution in [2.24, 2.45) is 0 Å². The van der Waals surface area contributed by atoms with Gasteiger partial charge in [-0.1, -0.05) is 23.2 Å². The molecule has 0 aliphatic carbocycles. The van der Waals surface area contributed by atoms with E-state index < -0.39 is 15.9 Å². The van der Waals surface area contributed by atoms with Crippen molar-refractivity contribution in [1.29, 1.82) is 0 Å². The van der Waals surface area contributed by atoms with Crippen LogP contribution in [0.5, 0.6) is 5.75 Å². The highest BCUT2D eigenvalue weighted by atomic mass is 35.5. The van der Waals surface area contributed by atoms with Crippen molar-refractivity contribution >= 4 is 44.8 Å². The van der Waals surface area contributed by atoms with Crippen molar-refractivity contribution in [2.45, 2.75) is 18.7 Å². The van der Waals surface area contributed by atoms with Crippen molar-refractivity contribution in [3.05, 3.63) is 52.0 Å². The molecule has 0 heterocycles. The predicted octanol–water partition coefficient (Wildman–Crippen LogP) is 3.96. The van der Waals surface area contributed by atoms with Crippen LogP contribution < -0.4 is 10.1 Å². The number of nitrogens with zero attached hydrogens (tertiary/aromatic N) is 1. The second kappa shape index (κ2) is 8.93. The van der Waals surface area contributed by atoms with Crippen molar-refractivity contribution in [3.63, 3.8) is 0 Å². The van der Waals surface area contributed by atoms with E-state index in [1.54, 1.807) is 25.1 Å². The smallest absolute Gasteiger partial charge is 0.243 e. The molecule has 0 saturated carbocycles. The van der Waals surface area contributed by atoms with E-state index in [1.165, 1.54) is 25.2 Å². The Kier molecular flexibility index (Phi) is 7.11. The number of nitrogens with one attached hydrogen (secondary N) is 1. The quantitative estimate of drug-likeness (QED) is 0.720. The molecule has 0 atom stereocenters. The summed E-state index contributed by atoms with van der Waals surface area (Å²) in [5.74, 6) is 0.0837. The van der Waals surface area contributed by atoms with Gasteiger partial charge in [-0.3, -0.25) is 4.79 Å². The third kappa shape index (κ3) is 5.35. The van der Waals surface area contributed by atoms with Crippen molar-refractivity contribution in [1.82, 2.24) is 4.31 Å². The van der Waals surface area contributed by atoms with E-state index in [-0.39, 0.29) is 11.4 Å². The van der Waals surface area contributed by atoms with Crippen LogP contribution in [0.25, 0.3) is 0 Å². The summed E-state index contributed by atoms with van der Waals surface area (Å²) in [6, 6.07) is 9.20. The van der Waals surface area contributed by atoms with Crippen molar-refractivity contribution in [3.8, 4) is 5.75 Å². The van der Waals surface area contributed by atoms with Crippen LogP contribution in [0.4, 0.5) is 5.69 Å². The van der Waals surface area contributed by atoms with Crippen LogP contribution in [-0.4, -0.2) is 38.8 Å². The maximum atomic E-state index is 12.7. The first-order valence-electron chi connectivity index (χ1n) is 8.10. The molecule has 0 bridgehead atoms. The zero-order chi connectivity index (χ0) is 20.2. The van der Waals surface area contributed by atoms with Crippen LogP contribution in [0, 0.1) is 6.92 Å². The molecule has 2 rings (SSSR count). The largest absolute Gasteiger partial charge is 0.494 e. The number of carbonyl (C=O) groups is 1. The highest BCUT2D eigenvalue weighted by Crippen LogP contribution is 2.26. The number of benzene rings is 2. The molecule has 0 saturated heterocycles. The minimum Gasteiger partial charge on any atom is -0.494 e. The van der Waals surface area contributed by atoms with Gasteiger partial charge in [0.25, 0.3) is 0 Å². The fraction of sp³-hybridized carbons (Fsp3) is 0.278. The number of hydrogen-bond acceptors (Lipinski definition) is 4. The van der Waals surface area contributed by atoms with E-state index in [2.05, 4.69) is 5.32 Å². The molecule has 2 aromatic rings. The van der Waals surface area contributed by atoms with Gasteiger partial charge in [-0.15, -0.1) is 0 Å². The number of anilines is 1. The summed E-state index contributed by atoms with van der Waals surface area (Å²) in [7, 11) is -2.51. The van der Waals surface area contributed by atoms with Gasteiger partial charge in [0.2, 0.25) is 15.9 Å². The highest BCUT2D eigenvalue weighted by Gasteiger charge is 2.24. The van der Waals surface area contributed by atoms with Crippen LogP contribution >= 0.6 is 23.2 Å². The average molecular weight is 431 g/mol. The topological polar surface area (TPSA) is 75.7 Å². The lowest BCUT2D eigenvalue weighted by molar-refractivity contribution is -0.116. The fourth-order valence-corrected chi connectivity index (χ4v) is 3.90. The number of sulfonamides is 1. The summed E-state index contributed by atoms with van der Waals surface area (Å²) in [4.78, 5) is 12.3. The Hall–Kier alpha value is -1.80. The lowest BCUT2D eigenvalue weighted by Crippen LogP contribution is -2.35. The zero-order valence-electron chi connectivity index (χ0n) is 15.1. The number of carbonyl (C=O) groups excluding carboxylic acids is 1. The van der Waals surface area contributed by atoms with E-state index >= 15 is 0 Å². The van der Waals surface area contributed by atoms with E-state index in [1.807, 2.05) is 6.92 Å². The van der Waals surface area contributed by atoms with E-state index in [4.69, 9.17) is 27.9 Å². The number of aryl methyl sites for hydroxylation is 1. The summed E-state index contributed by atoms with van der Waals surface area (Å²) in [5, 5.41) is 3.27. The van der Waals surface area contributed by atoms with Crippen LogP contribution in [-0.2, 0) is 14.8 Å². The number of likely N-dealkylation sites (N-methyl/N-ethyl adjacent to an activating group) is 1. The first kappa shape index (κ1) is 21.5. The van der Waals surface area contributed by atoms with Gasteiger partial charge in [0.05, 0.1) is 28.8 Å². The summed E-state index contributed by atoms with van der Waals surface area (Å²) in [5.41, 5.74) is 1.01. The van der Waals surface area contributed by atoms with Crippen LogP contribution in [0.1, 0.15) is 12.5 Å². The van der Waals surface area contributed by atoms with Gasteiger partial charge in [0.1, 0.15) is 5.75 Å². The van der Waals surface area contributed by atoms with Gasteiger partial charge in [0.15, 0.2) is 0 Å². The molecule has 0 spiro atoms. The van der Waals surface area contributed by atoms with Crippen LogP contribution in [0.15, 0.2) is 41.3 Å². The molecule has 2 aromatic carbocycles. The third-order valence-corrected chi connectivity index (χ3v) is 6.09. The van der Waals surface area contributed by atoms with Gasteiger partial charge >= 0.3 is 0 Å². The van der Waals surface area contributed by atoms with Crippen molar-refractivity contribution in [2.75, 3.05) is 25.5 Å². The fourth-order valence-electron chi connectivity index (χ4n) is 2.35. The van der Waals surface area contributed by atoms with Gasteiger partial charge < -0.3 is 10.1 Å². The number of amides is 1.